The zero-order valence-electron chi connectivity index (χ0n) is 16.3. The van der Waals surface area contributed by atoms with Gasteiger partial charge in [-0.2, -0.15) is 0 Å². The molecule has 2 aromatic carbocycles. The van der Waals surface area contributed by atoms with E-state index in [1.54, 1.807) is 30.3 Å². The highest BCUT2D eigenvalue weighted by molar-refractivity contribution is 7.92. The van der Waals surface area contributed by atoms with Gasteiger partial charge in [-0.05, 0) is 50.5 Å². The summed E-state index contributed by atoms with van der Waals surface area (Å²) in [6, 6.07) is 16.1. The molecule has 0 saturated heterocycles. The Kier molecular flexibility index (Phi) is 6.33. The number of anilines is 1. The average Bonchev–Trinajstić information content (AvgIpc) is 2.68. The highest BCUT2D eigenvalue weighted by atomic mass is 32.2. The molecule has 0 saturated carbocycles. The van der Waals surface area contributed by atoms with Gasteiger partial charge in [0.05, 0.1) is 16.1 Å². The summed E-state index contributed by atoms with van der Waals surface area (Å²) in [6.45, 7) is 2.49. The second-order valence-electron chi connectivity index (χ2n) is 6.86. The summed E-state index contributed by atoms with van der Waals surface area (Å²) < 4.78 is 28.2. The Morgan fingerprint density at radius 3 is 2.52 bits per heavy atom. The molecule has 152 valence electrons. The van der Waals surface area contributed by atoms with Crippen LogP contribution in [-0.4, -0.2) is 25.9 Å². The summed E-state index contributed by atoms with van der Waals surface area (Å²) in [5, 5.41) is 0.873. The molecule has 3 rings (SSSR count). The van der Waals surface area contributed by atoms with Crippen molar-refractivity contribution in [1.82, 2.24) is 4.98 Å². The molecule has 0 unspecified atom stereocenters. The van der Waals surface area contributed by atoms with E-state index >= 15 is 0 Å². The monoisotopic (exact) mass is 411 g/mol. The first-order valence-electron chi connectivity index (χ1n) is 9.39. The molecule has 0 aliphatic heterocycles. The maximum absolute atomic E-state index is 12.8. The van der Waals surface area contributed by atoms with Gasteiger partial charge in [0, 0.05) is 17.6 Å². The molecule has 0 radical (unpaired) electrons. The van der Waals surface area contributed by atoms with Crippen molar-refractivity contribution in [3.8, 4) is 0 Å². The molecule has 0 bridgehead atoms. The number of nitrogens with one attached hydrogen (secondary N) is 1. The van der Waals surface area contributed by atoms with Crippen LogP contribution in [0.4, 0.5) is 5.69 Å². The van der Waals surface area contributed by atoms with Crippen molar-refractivity contribution in [2.75, 3.05) is 11.3 Å². The maximum Gasteiger partial charge on any atom is 0.261 e. The number of unbranched alkanes of at least 4 members (excludes halogenated alkanes) is 1. The third-order valence-electron chi connectivity index (χ3n) is 4.49. The van der Waals surface area contributed by atoms with Crippen LogP contribution in [-0.2, 0) is 16.4 Å². The molecule has 29 heavy (non-hydrogen) atoms. The lowest BCUT2D eigenvalue weighted by atomic mass is 10.1. The smallest absolute Gasteiger partial charge is 0.261 e. The van der Waals surface area contributed by atoms with Gasteiger partial charge in [0.2, 0.25) is 0 Å². The number of hydrogen-bond acceptors (Lipinski definition) is 4. The zero-order valence-corrected chi connectivity index (χ0v) is 17.1. The minimum Gasteiger partial charge on any atom is -0.370 e. The molecule has 0 amide bonds. The van der Waals surface area contributed by atoms with Crippen molar-refractivity contribution in [3.05, 3.63) is 65.9 Å². The fraction of sp³-hybridized carbons (Fsp3) is 0.238. The number of aliphatic imine (C=N–C) groups is 1. The first kappa shape index (κ1) is 20.6. The SMILES string of the molecule is Cc1ccc(S(=O)(=O)Nc2cccc3ccc(CCCCN=C(N)N)nc23)cc1. The van der Waals surface area contributed by atoms with Gasteiger partial charge in [0.25, 0.3) is 10.0 Å². The number of rotatable bonds is 8. The van der Waals surface area contributed by atoms with Crippen molar-refractivity contribution in [2.45, 2.75) is 31.1 Å². The number of aryl methyl sites for hydroxylation is 2. The first-order chi connectivity index (χ1) is 13.8. The molecule has 3 aromatic rings. The van der Waals surface area contributed by atoms with E-state index in [-0.39, 0.29) is 10.9 Å². The molecule has 0 aliphatic rings. The van der Waals surface area contributed by atoms with E-state index in [1.165, 1.54) is 0 Å². The predicted octanol–water partition coefficient (Wildman–Crippen LogP) is 2.94. The van der Waals surface area contributed by atoms with Gasteiger partial charge in [0.15, 0.2) is 5.96 Å². The maximum atomic E-state index is 12.8. The van der Waals surface area contributed by atoms with Crippen molar-refractivity contribution in [3.63, 3.8) is 0 Å². The van der Waals surface area contributed by atoms with E-state index in [9.17, 15) is 8.42 Å². The Bertz CT molecular complexity index is 1120. The van der Waals surface area contributed by atoms with E-state index in [0.29, 0.717) is 17.7 Å². The second-order valence-corrected chi connectivity index (χ2v) is 8.54. The number of sulfonamides is 1. The van der Waals surface area contributed by atoms with Crippen molar-refractivity contribution >= 4 is 32.6 Å². The summed E-state index contributed by atoms with van der Waals surface area (Å²) >= 11 is 0. The first-order valence-corrected chi connectivity index (χ1v) is 10.9. The van der Waals surface area contributed by atoms with Crippen LogP contribution in [0.3, 0.4) is 0 Å². The number of benzene rings is 2. The summed E-state index contributed by atoms with van der Waals surface area (Å²) in [5.74, 6) is 0.0966. The molecule has 1 aromatic heterocycles. The zero-order chi connectivity index (χ0) is 20.9. The minimum atomic E-state index is -3.70. The topological polar surface area (TPSA) is 123 Å². The van der Waals surface area contributed by atoms with Gasteiger partial charge in [0.1, 0.15) is 0 Å². The fourth-order valence-corrected chi connectivity index (χ4v) is 4.02. The van der Waals surface area contributed by atoms with E-state index < -0.39 is 10.0 Å². The van der Waals surface area contributed by atoms with E-state index in [0.717, 1.165) is 35.9 Å². The number of nitrogens with zero attached hydrogens (tertiary/aromatic N) is 2. The van der Waals surface area contributed by atoms with Gasteiger partial charge in [-0.25, -0.2) is 8.42 Å². The third-order valence-corrected chi connectivity index (χ3v) is 5.87. The third kappa shape index (κ3) is 5.45. The van der Waals surface area contributed by atoms with Gasteiger partial charge in [-0.1, -0.05) is 35.9 Å². The van der Waals surface area contributed by atoms with Crippen LogP contribution in [0, 0.1) is 6.92 Å². The number of fused-ring (bicyclic) bond motifs is 1. The number of pyridine rings is 1. The second kappa shape index (κ2) is 8.91. The van der Waals surface area contributed by atoms with E-state index in [2.05, 4.69) is 14.7 Å². The highest BCUT2D eigenvalue weighted by Gasteiger charge is 2.16. The van der Waals surface area contributed by atoms with Crippen molar-refractivity contribution in [1.29, 1.82) is 0 Å². The molecule has 0 atom stereocenters. The molecule has 0 fully saturated rings. The Hall–Kier alpha value is -3.13. The van der Waals surface area contributed by atoms with Crippen LogP contribution in [0.15, 0.2) is 64.5 Å². The van der Waals surface area contributed by atoms with Crippen LogP contribution in [0.25, 0.3) is 10.9 Å². The van der Waals surface area contributed by atoms with Gasteiger partial charge in [-0.3, -0.25) is 14.7 Å². The average molecular weight is 412 g/mol. The summed E-state index contributed by atoms with van der Waals surface area (Å²) in [4.78, 5) is 8.88. The van der Waals surface area contributed by atoms with Crippen LogP contribution in [0.1, 0.15) is 24.1 Å². The Balaban J connectivity index is 1.81. The predicted molar refractivity (Wildman–Crippen MR) is 117 cm³/mol. The summed E-state index contributed by atoms with van der Waals surface area (Å²) in [6.07, 6.45) is 2.49. The molecular formula is C21H25N5O2S. The lowest BCUT2D eigenvalue weighted by molar-refractivity contribution is 0.601. The molecule has 0 spiro atoms. The number of hydrogen-bond donors (Lipinski definition) is 3. The molecule has 5 N–H and O–H groups in total. The minimum absolute atomic E-state index is 0.0966. The highest BCUT2D eigenvalue weighted by Crippen LogP contribution is 2.25. The number of aromatic nitrogens is 1. The van der Waals surface area contributed by atoms with Crippen molar-refractivity contribution in [2.24, 2.45) is 16.5 Å². The molecule has 1 heterocycles. The normalized spacial score (nSPS) is 11.3. The van der Waals surface area contributed by atoms with Crippen LogP contribution in [0.2, 0.25) is 0 Å². The lowest BCUT2D eigenvalue weighted by Crippen LogP contribution is -2.22. The largest absolute Gasteiger partial charge is 0.370 e. The Morgan fingerprint density at radius 1 is 1.03 bits per heavy atom. The summed E-state index contributed by atoms with van der Waals surface area (Å²) in [7, 11) is -3.70. The van der Waals surface area contributed by atoms with Crippen molar-refractivity contribution < 1.29 is 8.42 Å². The molecule has 7 nitrogen and oxygen atoms in total. The van der Waals surface area contributed by atoms with Crippen LogP contribution in [0.5, 0.6) is 0 Å². The van der Waals surface area contributed by atoms with E-state index in [1.807, 2.05) is 31.2 Å². The quantitative estimate of drug-likeness (QED) is 0.299. The lowest BCUT2D eigenvalue weighted by Gasteiger charge is -2.11. The standard InChI is InChI=1S/C21H25N5O2S/c1-15-8-12-18(13-9-15)29(27,28)26-19-7-4-5-16-10-11-17(25-20(16)19)6-2-3-14-24-21(22)23/h4-5,7-13,26H,2-3,6,14H2,1H3,(H4,22,23,24). The number of nitrogens with two attached hydrogens (primary N) is 2. The van der Waals surface area contributed by atoms with Gasteiger partial charge < -0.3 is 11.5 Å². The molecule has 0 aliphatic carbocycles. The molecule has 8 heteroatoms. The number of guanidine groups is 1. The van der Waals surface area contributed by atoms with E-state index in [4.69, 9.17) is 11.5 Å². The van der Waals surface area contributed by atoms with Gasteiger partial charge >= 0.3 is 0 Å². The fourth-order valence-electron chi connectivity index (χ4n) is 2.96. The van der Waals surface area contributed by atoms with Gasteiger partial charge in [-0.15, -0.1) is 0 Å². The Morgan fingerprint density at radius 2 is 1.79 bits per heavy atom. The number of para-hydroxylation sites is 1. The summed E-state index contributed by atoms with van der Waals surface area (Å²) in [5.41, 5.74) is 13.6. The van der Waals surface area contributed by atoms with Crippen LogP contribution >= 0.6 is 0 Å². The van der Waals surface area contributed by atoms with Crippen LogP contribution < -0.4 is 16.2 Å². The molecular weight excluding hydrogens is 386 g/mol. The Labute approximate surface area is 170 Å².